The van der Waals surface area contributed by atoms with Crippen molar-refractivity contribution < 1.29 is 13.6 Å². The van der Waals surface area contributed by atoms with Crippen LogP contribution in [0.5, 0.6) is 0 Å². The van der Waals surface area contributed by atoms with Gasteiger partial charge in [-0.15, -0.1) is 0 Å². The fourth-order valence-corrected chi connectivity index (χ4v) is 2.97. The molecule has 26 heavy (non-hydrogen) atoms. The van der Waals surface area contributed by atoms with E-state index in [9.17, 15) is 13.6 Å². The predicted molar refractivity (Wildman–Crippen MR) is 98.5 cm³/mol. The zero-order chi connectivity index (χ0) is 18.4. The molecule has 1 heterocycles. The molecule has 3 rings (SSSR count). The van der Waals surface area contributed by atoms with Gasteiger partial charge in [0.25, 0.3) is 0 Å². The Balaban J connectivity index is 1.38. The molecule has 138 valence electrons. The molecule has 0 aromatic heterocycles. The van der Waals surface area contributed by atoms with Crippen molar-refractivity contribution in [2.75, 3.05) is 49.5 Å². The lowest BCUT2D eigenvalue weighted by molar-refractivity contribution is 0.240. The van der Waals surface area contributed by atoms with Gasteiger partial charge < -0.3 is 15.5 Å². The summed E-state index contributed by atoms with van der Waals surface area (Å²) in [5.41, 5.74) is 0.790. The third-order valence-electron chi connectivity index (χ3n) is 4.41. The van der Waals surface area contributed by atoms with Gasteiger partial charge in [-0.3, -0.25) is 4.90 Å². The highest BCUT2D eigenvalue weighted by Crippen LogP contribution is 2.17. The molecule has 0 saturated carbocycles. The first-order valence-corrected chi connectivity index (χ1v) is 8.65. The van der Waals surface area contributed by atoms with Crippen molar-refractivity contribution >= 4 is 17.4 Å². The summed E-state index contributed by atoms with van der Waals surface area (Å²) >= 11 is 0. The van der Waals surface area contributed by atoms with Crippen LogP contribution >= 0.6 is 0 Å². The molecular weight excluding hydrogens is 338 g/mol. The number of rotatable bonds is 5. The number of hydrogen-bond acceptors (Lipinski definition) is 3. The maximum atomic E-state index is 13.5. The minimum absolute atomic E-state index is 0.410. The number of nitrogens with zero attached hydrogens (tertiary/aromatic N) is 2. The van der Waals surface area contributed by atoms with Gasteiger partial charge in [-0.1, -0.05) is 24.3 Å². The summed E-state index contributed by atoms with van der Waals surface area (Å²) in [5, 5.41) is 4.86. The van der Waals surface area contributed by atoms with E-state index < -0.39 is 23.4 Å². The van der Waals surface area contributed by atoms with E-state index in [-0.39, 0.29) is 0 Å². The van der Waals surface area contributed by atoms with Crippen LogP contribution in [0, 0.1) is 11.6 Å². The van der Waals surface area contributed by atoms with Gasteiger partial charge in [0.1, 0.15) is 17.3 Å². The van der Waals surface area contributed by atoms with E-state index in [1.54, 1.807) is 0 Å². The SMILES string of the molecule is O=C(NCCN1CCN(c2ccccc2)CC1)Nc1c(F)cccc1F. The molecule has 7 heteroatoms. The number of halogens is 2. The number of urea groups is 1. The number of amides is 2. The molecule has 0 radical (unpaired) electrons. The first kappa shape index (κ1) is 18.1. The van der Waals surface area contributed by atoms with E-state index in [4.69, 9.17) is 0 Å². The molecule has 0 unspecified atom stereocenters. The second kappa shape index (κ2) is 8.62. The Labute approximate surface area is 151 Å². The number of anilines is 2. The summed E-state index contributed by atoms with van der Waals surface area (Å²) in [5.74, 6) is -1.59. The van der Waals surface area contributed by atoms with E-state index in [0.717, 1.165) is 38.3 Å². The Kier molecular flexibility index (Phi) is 6.01. The van der Waals surface area contributed by atoms with Crippen LogP contribution in [0.25, 0.3) is 0 Å². The van der Waals surface area contributed by atoms with Crippen LogP contribution in [0.1, 0.15) is 0 Å². The Bertz CT molecular complexity index is 713. The molecule has 2 N–H and O–H groups in total. The topological polar surface area (TPSA) is 47.6 Å². The summed E-state index contributed by atoms with van der Waals surface area (Å²) in [7, 11) is 0. The van der Waals surface area contributed by atoms with E-state index in [0.29, 0.717) is 13.1 Å². The first-order valence-electron chi connectivity index (χ1n) is 8.65. The quantitative estimate of drug-likeness (QED) is 0.862. The van der Waals surface area contributed by atoms with Gasteiger partial charge in [-0.2, -0.15) is 0 Å². The smallest absolute Gasteiger partial charge is 0.319 e. The van der Waals surface area contributed by atoms with Crippen molar-refractivity contribution in [1.82, 2.24) is 10.2 Å². The molecule has 0 bridgehead atoms. The second-order valence-corrected chi connectivity index (χ2v) is 6.14. The third kappa shape index (κ3) is 4.70. The van der Waals surface area contributed by atoms with Crippen LogP contribution < -0.4 is 15.5 Å². The number of benzene rings is 2. The van der Waals surface area contributed by atoms with Crippen molar-refractivity contribution in [2.24, 2.45) is 0 Å². The molecule has 1 fully saturated rings. The Morgan fingerprint density at radius 2 is 1.58 bits per heavy atom. The maximum Gasteiger partial charge on any atom is 0.319 e. The number of carbonyl (C=O) groups excluding carboxylic acids is 1. The molecule has 1 aliphatic rings. The van der Waals surface area contributed by atoms with Crippen molar-refractivity contribution in [3.05, 3.63) is 60.2 Å². The summed E-state index contributed by atoms with van der Waals surface area (Å²) in [4.78, 5) is 16.4. The molecular formula is C19H22F2N4O. The molecule has 2 aromatic rings. The lowest BCUT2D eigenvalue weighted by atomic mass is 10.2. The lowest BCUT2D eigenvalue weighted by Crippen LogP contribution is -2.48. The van der Waals surface area contributed by atoms with Crippen LogP contribution in [0.4, 0.5) is 25.0 Å². The monoisotopic (exact) mass is 360 g/mol. The largest absolute Gasteiger partial charge is 0.369 e. The Morgan fingerprint density at radius 3 is 2.23 bits per heavy atom. The Morgan fingerprint density at radius 1 is 0.923 bits per heavy atom. The number of hydrogen-bond donors (Lipinski definition) is 2. The molecule has 5 nitrogen and oxygen atoms in total. The summed E-state index contributed by atoms with van der Waals surface area (Å²) < 4.78 is 27.0. The summed E-state index contributed by atoms with van der Waals surface area (Å²) in [6.45, 7) is 4.76. The number of para-hydroxylation sites is 2. The molecule has 2 amide bonds. The second-order valence-electron chi connectivity index (χ2n) is 6.14. The average molecular weight is 360 g/mol. The molecule has 0 aliphatic carbocycles. The standard InChI is InChI=1S/C19H22F2N4O/c20-16-7-4-8-17(21)18(16)23-19(26)22-9-10-24-11-13-25(14-12-24)15-5-2-1-3-6-15/h1-8H,9-14H2,(H2,22,23,26). The average Bonchev–Trinajstić information content (AvgIpc) is 2.66. The van der Waals surface area contributed by atoms with Crippen LogP contribution in [0.3, 0.4) is 0 Å². The van der Waals surface area contributed by atoms with Gasteiger partial charge in [0, 0.05) is 45.0 Å². The van der Waals surface area contributed by atoms with E-state index in [1.807, 2.05) is 18.2 Å². The minimum atomic E-state index is -0.794. The van der Waals surface area contributed by atoms with Crippen LogP contribution in [-0.4, -0.2) is 50.2 Å². The van der Waals surface area contributed by atoms with Crippen molar-refractivity contribution in [2.45, 2.75) is 0 Å². The molecule has 1 aliphatic heterocycles. The number of piperazine rings is 1. The number of nitrogens with one attached hydrogen (secondary N) is 2. The van der Waals surface area contributed by atoms with Crippen LogP contribution in [0.15, 0.2) is 48.5 Å². The van der Waals surface area contributed by atoms with Crippen molar-refractivity contribution in [1.29, 1.82) is 0 Å². The highest BCUT2D eigenvalue weighted by atomic mass is 19.1. The predicted octanol–water partition coefficient (Wildman–Crippen LogP) is 2.91. The Hall–Kier alpha value is -2.67. The minimum Gasteiger partial charge on any atom is -0.369 e. The van der Waals surface area contributed by atoms with Gasteiger partial charge >= 0.3 is 6.03 Å². The normalized spacial score (nSPS) is 14.9. The third-order valence-corrected chi connectivity index (χ3v) is 4.41. The number of carbonyl (C=O) groups is 1. The fourth-order valence-electron chi connectivity index (χ4n) is 2.97. The highest BCUT2D eigenvalue weighted by Gasteiger charge is 2.17. The lowest BCUT2D eigenvalue weighted by Gasteiger charge is -2.36. The van der Waals surface area contributed by atoms with Gasteiger partial charge in [0.15, 0.2) is 0 Å². The van der Waals surface area contributed by atoms with E-state index >= 15 is 0 Å². The van der Waals surface area contributed by atoms with E-state index in [2.05, 4.69) is 32.6 Å². The van der Waals surface area contributed by atoms with Crippen molar-refractivity contribution in [3.8, 4) is 0 Å². The van der Waals surface area contributed by atoms with Gasteiger partial charge in [0.2, 0.25) is 0 Å². The summed E-state index contributed by atoms with van der Waals surface area (Å²) in [6.07, 6.45) is 0. The van der Waals surface area contributed by atoms with E-state index in [1.165, 1.54) is 11.8 Å². The van der Waals surface area contributed by atoms with Gasteiger partial charge in [-0.05, 0) is 24.3 Å². The van der Waals surface area contributed by atoms with Crippen LogP contribution in [-0.2, 0) is 0 Å². The van der Waals surface area contributed by atoms with Gasteiger partial charge in [-0.25, -0.2) is 13.6 Å². The molecule has 0 atom stereocenters. The fraction of sp³-hybridized carbons (Fsp3) is 0.316. The molecule has 1 saturated heterocycles. The zero-order valence-electron chi connectivity index (χ0n) is 14.4. The molecule has 0 spiro atoms. The van der Waals surface area contributed by atoms with Gasteiger partial charge in [0.05, 0.1) is 0 Å². The maximum absolute atomic E-state index is 13.5. The zero-order valence-corrected chi connectivity index (χ0v) is 14.4. The highest BCUT2D eigenvalue weighted by molar-refractivity contribution is 5.89. The first-order chi connectivity index (χ1) is 12.6. The summed E-state index contributed by atoms with van der Waals surface area (Å²) in [6, 6.07) is 13.1. The van der Waals surface area contributed by atoms with Crippen LogP contribution in [0.2, 0.25) is 0 Å². The van der Waals surface area contributed by atoms with Crippen molar-refractivity contribution in [3.63, 3.8) is 0 Å². The molecule has 2 aromatic carbocycles.